The Balaban J connectivity index is -0.000000321. The number of ether oxygens (including phenoxy) is 1. The van der Waals surface area contributed by atoms with Gasteiger partial charge in [0.05, 0.1) is 7.11 Å². The summed E-state index contributed by atoms with van der Waals surface area (Å²) in [4.78, 5) is 21.5. The largest absolute Gasteiger partial charge is 0.466 e. The van der Waals surface area contributed by atoms with E-state index in [-0.39, 0.29) is 18.8 Å². The van der Waals surface area contributed by atoms with Crippen LogP contribution >= 0.6 is 0 Å². The number of ketones is 1. The van der Waals surface area contributed by atoms with Gasteiger partial charge in [-0.25, -0.2) is 4.79 Å². The fraction of sp³-hybridized carbons (Fsp3) is 0.429. The molecule has 0 heterocycles. The van der Waals surface area contributed by atoms with Crippen LogP contribution in [0.1, 0.15) is 48.0 Å². The Hall–Kier alpha value is -2.16. The number of carbonyl (C=O) groups excluding carboxylic acids is 2. The summed E-state index contributed by atoms with van der Waals surface area (Å²) in [6.07, 6.45) is 14.2. The summed E-state index contributed by atoms with van der Waals surface area (Å²) in [6, 6.07) is 0. The first-order chi connectivity index (χ1) is 10.8. The zero-order valence-electron chi connectivity index (χ0n) is 15.1. The molecule has 1 aliphatic carbocycles. The second-order valence-electron chi connectivity index (χ2n) is 5.53. The van der Waals surface area contributed by atoms with Crippen molar-refractivity contribution in [2.24, 2.45) is 5.41 Å². The van der Waals surface area contributed by atoms with Crippen LogP contribution in [0.25, 0.3) is 0 Å². The lowest BCUT2D eigenvalue weighted by atomic mass is 9.80. The van der Waals surface area contributed by atoms with E-state index in [2.05, 4.69) is 37.8 Å². The van der Waals surface area contributed by atoms with Gasteiger partial charge in [-0.15, -0.1) is 13.2 Å². The Morgan fingerprint density at radius 1 is 1.21 bits per heavy atom. The standard InChI is InChI=1S/C9H12O2.C9H14O.C2H4.CH4/c1-3-4-5-6-7-8-9(10)11-2;1-7-6-9(2,3)5-4-8(7)10;1-2;/h3-8H,1-2H3;6H,4-5H2,1-3H3;1-2H2;1H4/b4-3+,6-5+,8-7+;;;. The van der Waals surface area contributed by atoms with Crippen LogP contribution in [0.2, 0.25) is 0 Å². The fourth-order valence-electron chi connectivity index (χ4n) is 1.81. The maximum absolute atomic E-state index is 11.0. The molecule has 136 valence electrons. The minimum absolute atomic E-state index is 0. The first-order valence-corrected chi connectivity index (χ1v) is 7.59. The zero-order valence-corrected chi connectivity index (χ0v) is 15.1. The number of rotatable bonds is 3. The van der Waals surface area contributed by atoms with Crippen LogP contribution in [0.3, 0.4) is 0 Å². The number of hydrogen-bond donors (Lipinski definition) is 0. The molecule has 3 heteroatoms. The molecular weight excluding hydrogens is 300 g/mol. The molecule has 0 aromatic heterocycles. The zero-order chi connectivity index (χ0) is 18.3. The molecule has 0 aromatic carbocycles. The Morgan fingerprint density at radius 2 is 1.75 bits per heavy atom. The van der Waals surface area contributed by atoms with Crippen molar-refractivity contribution in [2.45, 2.75) is 48.0 Å². The average molecular weight is 335 g/mol. The molecule has 0 N–H and O–H groups in total. The number of carbonyl (C=O) groups is 2. The van der Waals surface area contributed by atoms with E-state index in [1.165, 1.54) is 13.2 Å². The molecule has 0 saturated carbocycles. The molecule has 0 atom stereocenters. The highest BCUT2D eigenvalue weighted by Crippen LogP contribution is 2.30. The molecule has 3 nitrogen and oxygen atoms in total. The van der Waals surface area contributed by atoms with Crippen LogP contribution < -0.4 is 0 Å². The van der Waals surface area contributed by atoms with E-state index in [0.717, 1.165) is 18.4 Å². The van der Waals surface area contributed by atoms with Crippen molar-refractivity contribution in [3.63, 3.8) is 0 Å². The third-order valence-corrected chi connectivity index (χ3v) is 3.00. The van der Waals surface area contributed by atoms with Gasteiger partial charge in [0, 0.05) is 12.5 Å². The summed E-state index contributed by atoms with van der Waals surface area (Å²) in [5.41, 5.74) is 1.19. The van der Waals surface area contributed by atoms with Gasteiger partial charge in [0.15, 0.2) is 5.78 Å². The van der Waals surface area contributed by atoms with Gasteiger partial charge in [-0.1, -0.05) is 57.7 Å². The molecular formula is C21H34O3. The number of esters is 1. The average Bonchev–Trinajstić information content (AvgIpc) is 2.53. The molecule has 1 aliphatic rings. The summed E-state index contributed by atoms with van der Waals surface area (Å²) < 4.78 is 4.38. The molecule has 24 heavy (non-hydrogen) atoms. The number of allylic oxidation sites excluding steroid dienone is 7. The minimum atomic E-state index is -0.338. The highest BCUT2D eigenvalue weighted by molar-refractivity contribution is 5.95. The Morgan fingerprint density at radius 3 is 2.17 bits per heavy atom. The van der Waals surface area contributed by atoms with Crippen molar-refractivity contribution < 1.29 is 14.3 Å². The molecule has 0 aromatic rings. The van der Waals surface area contributed by atoms with Crippen LogP contribution in [0.4, 0.5) is 0 Å². The molecule has 0 fully saturated rings. The van der Waals surface area contributed by atoms with Crippen molar-refractivity contribution in [3.05, 3.63) is 61.3 Å². The van der Waals surface area contributed by atoms with Crippen LogP contribution in [0, 0.1) is 5.41 Å². The normalized spacial score (nSPS) is 15.7. The van der Waals surface area contributed by atoms with Crippen molar-refractivity contribution in [1.29, 1.82) is 0 Å². The predicted molar refractivity (Wildman–Crippen MR) is 105 cm³/mol. The van der Waals surface area contributed by atoms with Gasteiger partial charge in [-0.3, -0.25) is 4.79 Å². The quantitative estimate of drug-likeness (QED) is 0.292. The van der Waals surface area contributed by atoms with E-state index in [4.69, 9.17) is 0 Å². The van der Waals surface area contributed by atoms with Gasteiger partial charge in [-0.2, -0.15) is 0 Å². The van der Waals surface area contributed by atoms with E-state index in [0.29, 0.717) is 5.78 Å². The highest BCUT2D eigenvalue weighted by atomic mass is 16.5. The third-order valence-electron chi connectivity index (χ3n) is 3.00. The van der Waals surface area contributed by atoms with E-state index in [9.17, 15) is 9.59 Å². The third kappa shape index (κ3) is 14.8. The fourth-order valence-corrected chi connectivity index (χ4v) is 1.81. The van der Waals surface area contributed by atoms with Gasteiger partial charge in [0.1, 0.15) is 0 Å². The van der Waals surface area contributed by atoms with Gasteiger partial charge >= 0.3 is 5.97 Å². The summed E-state index contributed by atoms with van der Waals surface area (Å²) >= 11 is 0. The lowest BCUT2D eigenvalue weighted by molar-refractivity contribution is -0.134. The van der Waals surface area contributed by atoms with Crippen LogP contribution in [0.5, 0.6) is 0 Å². The number of Topliss-reactive ketones (excluding diaryl/α,β-unsaturated/α-hetero) is 1. The molecule has 1 rings (SSSR count). The maximum Gasteiger partial charge on any atom is 0.330 e. The van der Waals surface area contributed by atoms with Crippen molar-refractivity contribution in [2.75, 3.05) is 7.11 Å². The lowest BCUT2D eigenvalue weighted by Gasteiger charge is -2.25. The van der Waals surface area contributed by atoms with Gasteiger partial charge in [0.25, 0.3) is 0 Å². The molecule has 0 spiro atoms. The summed E-state index contributed by atoms with van der Waals surface area (Å²) in [6.45, 7) is 14.2. The van der Waals surface area contributed by atoms with E-state index in [1.54, 1.807) is 12.2 Å². The van der Waals surface area contributed by atoms with Gasteiger partial charge in [-0.05, 0) is 31.3 Å². The molecule has 0 bridgehead atoms. The molecule has 0 radical (unpaired) electrons. The Bertz CT molecular complexity index is 477. The summed E-state index contributed by atoms with van der Waals surface area (Å²) in [5.74, 6) is -0.0190. The van der Waals surface area contributed by atoms with Crippen molar-refractivity contribution in [1.82, 2.24) is 0 Å². The molecule has 0 aliphatic heterocycles. The van der Waals surface area contributed by atoms with E-state index >= 15 is 0 Å². The van der Waals surface area contributed by atoms with Crippen LogP contribution in [-0.4, -0.2) is 18.9 Å². The Labute approximate surface area is 148 Å². The van der Waals surface area contributed by atoms with E-state index < -0.39 is 0 Å². The van der Waals surface area contributed by atoms with Crippen LogP contribution in [-0.2, 0) is 14.3 Å². The van der Waals surface area contributed by atoms with Crippen molar-refractivity contribution >= 4 is 11.8 Å². The highest BCUT2D eigenvalue weighted by Gasteiger charge is 2.22. The second-order valence-corrected chi connectivity index (χ2v) is 5.53. The van der Waals surface area contributed by atoms with Crippen LogP contribution in [0.15, 0.2) is 61.3 Å². The summed E-state index contributed by atoms with van der Waals surface area (Å²) in [7, 11) is 1.35. The van der Waals surface area contributed by atoms with Crippen molar-refractivity contribution in [3.8, 4) is 0 Å². The second kappa shape index (κ2) is 15.7. The summed E-state index contributed by atoms with van der Waals surface area (Å²) in [5, 5.41) is 0. The SMILES string of the molecule is C.C/C=C/C=C/C=C/C(=O)OC.C=C.CC1=CC(C)(C)CCC1=O. The minimum Gasteiger partial charge on any atom is -0.466 e. The first kappa shape index (κ1) is 26.7. The molecule has 0 amide bonds. The smallest absolute Gasteiger partial charge is 0.330 e. The Kier molecular flexibility index (Phi) is 17.5. The molecule has 0 unspecified atom stereocenters. The first-order valence-electron chi connectivity index (χ1n) is 7.59. The topological polar surface area (TPSA) is 43.4 Å². The number of hydrogen-bond acceptors (Lipinski definition) is 3. The number of methoxy groups -OCH3 is 1. The van der Waals surface area contributed by atoms with E-state index in [1.807, 2.05) is 32.1 Å². The van der Waals surface area contributed by atoms with Gasteiger partial charge < -0.3 is 4.74 Å². The van der Waals surface area contributed by atoms with Gasteiger partial charge in [0.2, 0.25) is 0 Å². The lowest BCUT2D eigenvalue weighted by Crippen LogP contribution is -2.18. The monoisotopic (exact) mass is 334 g/mol. The molecule has 0 saturated heterocycles. The predicted octanol–water partition coefficient (Wildman–Crippen LogP) is 5.61. The maximum atomic E-state index is 11.0.